The van der Waals surface area contributed by atoms with E-state index >= 15 is 4.39 Å². The van der Waals surface area contributed by atoms with Crippen LogP contribution in [0.3, 0.4) is 0 Å². The van der Waals surface area contributed by atoms with Gasteiger partial charge in [-0.2, -0.15) is 0 Å². The summed E-state index contributed by atoms with van der Waals surface area (Å²) in [5.74, 6) is -1.15. The highest BCUT2D eigenvalue weighted by molar-refractivity contribution is 6.20. The van der Waals surface area contributed by atoms with Crippen molar-refractivity contribution >= 4 is 33.6 Å². The van der Waals surface area contributed by atoms with E-state index in [-0.39, 0.29) is 23.8 Å². The molecule has 10 heteroatoms. The number of aromatic nitrogens is 3. The third-order valence-corrected chi connectivity index (χ3v) is 7.30. The lowest BCUT2D eigenvalue weighted by molar-refractivity contribution is 0.0664. The van der Waals surface area contributed by atoms with Crippen molar-refractivity contribution in [3.05, 3.63) is 89.8 Å². The summed E-state index contributed by atoms with van der Waals surface area (Å²) in [6, 6.07) is 13.6. The first-order valence-electron chi connectivity index (χ1n) is 12.9. The highest BCUT2D eigenvalue weighted by atomic mass is 19.1. The number of primary amides is 1. The number of aromatic amines is 1. The maximum Gasteiger partial charge on any atom is 0.254 e. The Morgan fingerprint density at radius 3 is 2.62 bits per heavy atom. The van der Waals surface area contributed by atoms with Crippen molar-refractivity contribution in [2.24, 2.45) is 5.73 Å². The summed E-state index contributed by atoms with van der Waals surface area (Å²) in [5, 5.41) is 1.38. The SMILES string of the molecule is CN1CCN(C(=O)c2ccc3c(c2)[nH]c2c(C(N)=O)ccc(-c4cccc(OCc5cnccn5)c4F)c23)CC1. The second-order valence-corrected chi connectivity index (χ2v) is 9.86. The van der Waals surface area contributed by atoms with Gasteiger partial charge in [-0.1, -0.05) is 24.3 Å². The van der Waals surface area contributed by atoms with Crippen LogP contribution in [0.5, 0.6) is 5.75 Å². The average molecular weight is 539 g/mol. The van der Waals surface area contributed by atoms with Gasteiger partial charge in [0, 0.05) is 66.0 Å². The number of carbonyl (C=O) groups is 2. The summed E-state index contributed by atoms with van der Waals surface area (Å²) in [6.45, 7) is 3.01. The molecule has 0 aliphatic carbocycles. The van der Waals surface area contributed by atoms with Gasteiger partial charge in [-0.3, -0.25) is 19.6 Å². The number of carbonyl (C=O) groups excluding carboxylic acids is 2. The smallest absolute Gasteiger partial charge is 0.254 e. The number of nitrogens with one attached hydrogen (secondary N) is 1. The minimum atomic E-state index is -0.613. The molecule has 9 nitrogen and oxygen atoms in total. The van der Waals surface area contributed by atoms with Crippen LogP contribution >= 0.6 is 0 Å². The van der Waals surface area contributed by atoms with Crippen LogP contribution < -0.4 is 10.5 Å². The van der Waals surface area contributed by atoms with Gasteiger partial charge < -0.3 is 25.3 Å². The van der Waals surface area contributed by atoms with Gasteiger partial charge in [0.2, 0.25) is 0 Å². The minimum absolute atomic E-state index is 0.0528. The first kappa shape index (κ1) is 25.4. The molecular weight excluding hydrogens is 511 g/mol. The van der Waals surface area contributed by atoms with Gasteiger partial charge in [-0.05, 0) is 36.9 Å². The Hall–Kier alpha value is -4.83. The lowest BCUT2D eigenvalue weighted by Gasteiger charge is -2.32. The summed E-state index contributed by atoms with van der Waals surface area (Å²) < 4.78 is 21.6. The Kier molecular flexibility index (Phi) is 6.61. The maximum atomic E-state index is 15.8. The predicted molar refractivity (Wildman–Crippen MR) is 149 cm³/mol. The van der Waals surface area contributed by atoms with E-state index in [0.29, 0.717) is 51.9 Å². The lowest BCUT2D eigenvalue weighted by Crippen LogP contribution is -2.47. The molecule has 2 aromatic heterocycles. The van der Waals surface area contributed by atoms with Crippen LogP contribution in [-0.2, 0) is 6.61 Å². The second kappa shape index (κ2) is 10.4. The number of fused-ring (bicyclic) bond motifs is 3. The van der Waals surface area contributed by atoms with Gasteiger partial charge in [0.1, 0.15) is 6.61 Å². The average Bonchev–Trinajstić information content (AvgIpc) is 3.35. The van der Waals surface area contributed by atoms with Gasteiger partial charge in [0.25, 0.3) is 11.8 Å². The summed E-state index contributed by atoms with van der Waals surface area (Å²) >= 11 is 0. The van der Waals surface area contributed by atoms with E-state index in [1.54, 1.807) is 61.1 Å². The Labute approximate surface area is 229 Å². The number of H-pyrrole nitrogens is 1. The quantitative estimate of drug-likeness (QED) is 0.338. The van der Waals surface area contributed by atoms with Crippen molar-refractivity contribution < 1.29 is 18.7 Å². The molecule has 5 aromatic rings. The normalized spacial score (nSPS) is 14.1. The maximum absolute atomic E-state index is 15.8. The Morgan fingerprint density at radius 2 is 1.88 bits per heavy atom. The number of ether oxygens (including phenoxy) is 1. The molecule has 1 aliphatic rings. The van der Waals surface area contributed by atoms with Crippen molar-refractivity contribution in [3.8, 4) is 16.9 Å². The molecule has 1 saturated heterocycles. The molecule has 40 heavy (non-hydrogen) atoms. The molecule has 2 amide bonds. The molecule has 0 bridgehead atoms. The summed E-state index contributed by atoms with van der Waals surface area (Å²) in [6.07, 6.45) is 4.66. The van der Waals surface area contributed by atoms with Crippen molar-refractivity contribution in [1.82, 2.24) is 24.8 Å². The molecule has 0 atom stereocenters. The molecule has 202 valence electrons. The number of piperazine rings is 1. The highest BCUT2D eigenvalue weighted by Gasteiger charge is 2.23. The molecule has 3 aromatic carbocycles. The second-order valence-electron chi connectivity index (χ2n) is 9.86. The monoisotopic (exact) mass is 538 g/mol. The van der Waals surface area contributed by atoms with Crippen LogP contribution in [0.25, 0.3) is 32.9 Å². The third-order valence-electron chi connectivity index (χ3n) is 7.30. The van der Waals surface area contributed by atoms with Crippen molar-refractivity contribution in [3.63, 3.8) is 0 Å². The largest absolute Gasteiger partial charge is 0.484 e. The van der Waals surface area contributed by atoms with E-state index in [1.807, 2.05) is 18.0 Å². The van der Waals surface area contributed by atoms with Gasteiger partial charge in [-0.25, -0.2) is 4.39 Å². The molecule has 0 unspecified atom stereocenters. The fourth-order valence-electron chi connectivity index (χ4n) is 5.15. The zero-order valence-corrected chi connectivity index (χ0v) is 21.9. The number of benzene rings is 3. The van der Waals surface area contributed by atoms with E-state index in [9.17, 15) is 9.59 Å². The number of likely N-dealkylation sites (N-methyl/N-ethyl adjacent to an activating group) is 1. The molecule has 0 radical (unpaired) electrons. The number of nitrogens with zero attached hydrogens (tertiary/aromatic N) is 4. The van der Waals surface area contributed by atoms with Gasteiger partial charge in [0.15, 0.2) is 11.6 Å². The Balaban J connectivity index is 1.43. The third kappa shape index (κ3) is 4.62. The number of amides is 2. The van der Waals surface area contributed by atoms with Crippen LogP contribution in [-0.4, -0.2) is 69.8 Å². The molecule has 1 aliphatic heterocycles. The van der Waals surface area contributed by atoms with Crippen molar-refractivity contribution in [1.29, 1.82) is 0 Å². The molecule has 3 heterocycles. The number of hydrogen-bond donors (Lipinski definition) is 2. The molecule has 0 spiro atoms. The Morgan fingerprint density at radius 1 is 1.05 bits per heavy atom. The number of hydrogen-bond acceptors (Lipinski definition) is 6. The van der Waals surface area contributed by atoms with E-state index < -0.39 is 11.7 Å². The summed E-state index contributed by atoms with van der Waals surface area (Å²) in [7, 11) is 2.04. The fraction of sp³-hybridized carbons (Fsp3) is 0.200. The van der Waals surface area contributed by atoms with Crippen molar-refractivity contribution in [2.45, 2.75) is 6.61 Å². The molecule has 1 fully saturated rings. The van der Waals surface area contributed by atoms with Crippen LogP contribution in [0, 0.1) is 5.82 Å². The lowest BCUT2D eigenvalue weighted by atomic mass is 9.96. The van der Waals surface area contributed by atoms with E-state index in [2.05, 4.69) is 19.9 Å². The topological polar surface area (TPSA) is 117 Å². The molecular formula is C30H27FN6O3. The van der Waals surface area contributed by atoms with Crippen LogP contribution in [0.1, 0.15) is 26.4 Å². The number of rotatable bonds is 6. The van der Waals surface area contributed by atoms with Crippen molar-refractivity contribution in [2.75, 3.05) is 33.2 Å². The Bertz CT molecular complexity index is 1750. The van der Waals surface area contributed by atoms with E-state index in [0.717, 1.165) is 18.5 Å². The van der Waals surface area contributed by atoms with Gasteiger partial charge in [0.05, 0.1) is 23.0 Å². The number of nitrogens with two attached hydrogens (primary N) is 1. The van der Waals surface area contributed by atoms with E-state index in [1.165, 1.54) is 0 Å². The zero-order valence-electron chi connectivity index (χ0n) is 21.9. The number of halogens is 1. The summed E-state index contributed by atoms with van der Waals surface area (Å²) in [5.41, 5.74) is 9.08. The van der Waals surface area contributed by atoms with Gasteiger partial charge in [-0.15, -0.1) is 0 Å². The highest BCUT2D eigenvalue weighted by Crippen LogP contribution is 2.39. The zero-order chi connectivity index (χ0) is 27.8. The minimum Gasteiger partial charge on any atom is -0.484 e. The van der Waals surface area contributed by atoms with Crippen LogP contribution in [0.4, 0.5) is 4.39 Å². The molecule has 3 N–H and O–H groups in total. The summed E-state index contributed by atoms with van der Waals surface area (Å²) in [4.78, 5) is 41.0. The first-order chi connectivity index (χ1) is 19.4. The van der Waals surface area contributed by atoms with E-state index in [4.69, 9.17) is 10.5 Å². The standard InChI is InChI=1S/C30H27FN6O3/c1-36-11-13-37(14-12-36)30(39)18-5-6-22-24(15-18)35-28-23(29(32)38)8-7-20(26(22)28)21-3-2-4-25(27(21)31)40-17-19-16-33-9-10-34-19/h2-10,15-16,35H,11-14,17H2,1H3,(H2,32,38). The predicted octanol–water partition coefficient (Wildman–Crippen LogP) is 3.98. The van der Waals surface area contributed by atoms with Crippen LogP contribution in [0.15, 0.2) is 67.1 Å². The molecule has 0 saturated carbocycles. The van der Waals surface area contributed by atoms with Crippen LogP contribution in [0.2, 0.25) is 0 Å². The first-order valence-corrected chi connectivity index (χ1v) is 12.9. The fourth-order valence-corrected chi connectivity index (χ4v) is 5.15. The van der Waals surface area contributed by atoms with Gasteiger partial charge >= 0.3 is 0 Å². The molecule has 6 rings (SSSR count).